The molecule has 2 heterocycles. The molecule has 1 unspecified atom stereocenters. The number of amides is 1. The summed E-state index contributed by atoms with van der Waals surface area (Å²) >= 11 is 0. The smallest absolute Gasteiger partial charge is 0.247 e. The van der Waals surface area contributed by atoms with Crippen molar-refractivity contribution in [3.05, 3.63) is 11.9 Å². The van der Waals surface area contributed by atoms with Gasteiger partial charge in [0.05, 0.1) is 5.69 Å². The minimum absolute atomic E-state index is 0.149. The molecule has 1 aromatic heterocycles. The van der Waals surface area contributed by atoms with Crippen molar-refractivity contribution in [2.75, 3.05) is 19.6 Å². The highest BCUT2D eigenvalue weighted by atomic mass is 16.2. The Morgan fingerprint density at radius 2 is 2.16 bits per heavy atom. The zero-order chi connectivity index (χ0) is 13.7. The number of aromatic nitrogens is 3. The minimum Gasteiger partial charge on any atom is -0.341 e. The number of likely N-dealkylation sites (tertiary alicyclic amines) is 1. The molecule has 0 spiro atoms. The summed E-state index contributed by atoms with van der Waals surface area (Å²) < 4.78 is 1.68. The third-order valence-corrected chi connectivity index (χ3v) is 3.62. The Bertz CT molecular complexity index is 411. The molecule has 2 rings (SSSR count). The number of nitrogens with two attached hydrogens (primary N) is 1. The fourth-order valence-electron chi connectivity index (χ4n) is 2.38. The third-order valence-electron chi connectivity index (χ3n) is 3.62. The molecule has 1 aromatic rings. The molecule has 106 valence electrons. The molecule has 2 N–H and O–H groups in total. The van der Waals surface area contributed by atoms with Crippen LogP contribution in [0.3, 0.4) is 0 Å². The monoisotopic (exact) mass is 265 g/mol. The van der Waals surface area contributed by atoms with E-state index in [4.69, 9.17) is 5.73 Å². The molecule has 1 saturated heterocycles. The molecule has 1 fully saturated rings. The summed E-state index contributed by atoms with van der Waals surface area (Å²) in [5.41, 5.74) is 6.40. The van der Waals surface area contributed by atoms with E-state index in [2.05, 4.69) is 10.3 Å². The van der Waals surface area contributed by atoms with Gasteiger partial charge in [-0.15, -0.1) is 5.10 Å². The quantitative estimate of drug-likeness (QED) is 0.770. The molecule has 0 saturated carbocycles. The van der Waals surface area contributed by atoms with Crippen LogP contribution in [0.2, 0.25) is 0 Å². The van der Waals surface area contributed by atoms with Crippen LogP contribution in [0.5, 0.6) is 0 Å². The van der Waals surface area contributed by atoms with E-state index in [1.807, 2.05) is 18.0 Å². The Hall–Kier alpha value is -1.43. The van der Waals surface area contributed by atoms with Crippen molar-refractivity contribution in [2.24, 2.45) is 5.73 Å². The molecule has 0 bridgehead atoms. The van der Waals surface area contributed by atoms with Crippen LogP contribution in [0.1, 0.15) is 44.3 Å². The minimum atomic E-state index is -0.256. The number of carbonyl (C=O) groups excluding carboxylic acids is 1. The first-order chi connectivity index (χ1) is 9.22. The van der Waals surface area contributed by atoms with Gasteiger partial charge in [0, 0.05) is 19.3 Å². The van der Waals surface area contributed by atoms with Gasteiger partial charge in [0.2, 0.25) is 5.91 Å². The van der Waals surface area contributed by atoms with Gasteiger partial charge in [0.15, 0.2) is 0 Å². The largest absolute Gasteiger partial charge is 0.341 e. The summed E-state index contributed by atoms with van der Waals surface area (Å²) in [6.45, 7) is 4.35. The molecule has 6 heteroatoms. The van der Waals surface area contributed by atoms with Gasteiger partial charge in [-0.05, 0) is 45.6 Å². The second-order valence-electron chi connectivity index (χ2n) is 5.14. The van der Waals surface area contributed by atoms with Crippen molar-refractivity contribution in [1.29, 1.82) is 0 Å². The second-order valence-corrected chi connectivity index (χ2v) is 5.14. The normalized spacial score (nSPS) is 16.8. The highest BCUT2D eigenvalue weighted by molar-refractivity contribution is 5.80. The van der Waals surface area contributed by atoms with E-state index in [-0.39, 0.29) is 11.9 Å². The lowest BCUT2D eigenvalue weighted by Gasteiger charge is -2.19. The van der Waals surface area contributed by atoms with E-state index in [0.29, 0.717) is 6.54 Å². The van der Waals surface area contributed by atoms with Gasteiger partial charge in [0.1, 0.15) is 6.04 Å². The van der Waals surface area contributed by atoms with Crippen LogP contribution in [-0.4, -0.2) is 45.4 Å². The second kappa shape index (κ2) is 6.65. The Morgan fingerprint density at radius 1 is 1.42 bits per heavy atom. The summed E-state index contributed by atoms with van der Waals surface area (Å²) in [4.78, 5) is 14.2. The lowest BCUT2D eigenvalue weighted by molar-refractivity contribution is -0.133. The van der Waals surface area contributed by atoms with E-state index >= 15 is 0 Å². The van der Waals surface area contributed by atoms with Crippen LogP contribution < -0.4 is 5.73 Å². The van der Waals surface area contributed by atoms with Crippen LogP contribution in [-0.2, 0) is 11.2 Å². The third kappa shape index (κ3) is 3.53. The van der Waals surface area contributed by atoms with Crippen molar-refractivity contribution >= 4 is 5.91 Å². The average molecular weight is 265 g/mol. The number of rotatable bonds is 6. The Balaban J connectivity index is 1.91. The van der Waals surface area contributed by atoms with Crippen molar-refractivity contribution in [2.45, 2.75) is 45.1 Å². The van der Waals surface area contributed by atoms with Crippen molar-refractivity contribution in [3.8, 4) is 0 Å². The maximum absolute atomic E-state index is 12.2. The summed E-state index contributed by atoms with van der Waals surface area (Å²) in [7, 11) is 0. The SMILES string of the molecule is CC(C(=O)N1CCCC1)n1cc(CCCCN)nn1. The predicted octanol–water partition coefficient (Wildman–Crippen LogP) is 0.743. The lowest BCUT2D eigenvalue weighted by Crippen LogP contribution is -2.34. The van der Waals surface area contributed by atoms with Gasteiger partial charge in [-0.2, -0.15) is 0 Å². The number of unbranched alkanes of at least 4 members (excludes halogenated alkanes) is 1. The zero-order valence-electron chi connectivity index (χ0n) is 11.6. The molecule has 1 aliphatic rings. The molecule has 6 nitrogen and oxygen atoms in total. The fourth-order valence-corrected chi connectivity index (χ4v) is 2.38. The summed E-state index contributed by atoms with van der Waals surface area (Å²) in [6, 6.07) is -0.256. The molecular weight excluding hydrogens is 242 g/mol. The highest BCUT2D eigenvalue weighted by Crippen LogP contribution is 2.15. The van der Waals surface area contributed by atoms with E-state index in [1.165, 1.54) is 0 Å². The topological polar surface area (TPSA) is 77.0 Å². The van der Waals surface area contributed by atoms with Crippen molar-refractivity contribution in [1.82, 2.24) is 19.9 Å². The van der Waals surface area contributed by atoms with Gasteiger partial charge in [-0.25, -0.2) is 4.68 Å². The van der Waals surface area contributed by atoms with Gasteiger partial charge in [0.25, 0.3) is 0 Å². The lowest BCUT2D eigenvalue weighted by atomic mass is 10.2. The number of aryl methyl sites for hydroxylation is 1. The highest BCUT2D eigenvalue weighted by Gasteiger charge is 2.25. The number of nitrogens with zero attached hydrogens (tertiary/aromatic N) is 4. The van der Waals surface area contributed by atoms with Crippen LogP contribution in [0, 0.1) is 0 Å². The van der Waals surface area contributed by atoms with Crippen LogP contribution >= 0.6 is 0 Å². The van der Waals surface area contributed by atoms with Gasteiger partial charge >= 0.3 is 0 Å². The van der Waals surface area contributed by atoms with E-state index < -0.39 is 0 Å². The van der Waals surface area contributed by atoms with Crippen LogP contribution in [0.25, 0.3) is 0 Å². The maximum atomic E-state index is 12.2. The summed E-state index contributed by atoms with van der Waals surface area (Å²) in [6.07, 6.45) is 7.00. The van der Waals surface area contributed by atoms with Crippen LogP contribution in [0.4, 0.5) is 0 Å². The standard InChI is InChI=1S/C13H23N5O/c1-11(13(19)17-8-4-5-9-17)18-10-12(15-16-18)6-2-3-7-14/h10-11H,2-9,14H2,1H3. The van der Waals surface area contributed by atoms with Gasteiger partial charge in [-0.1, -0.05) is 5.21 Å². The van der Waals surface area contributed by atoms with E-state index in [9.17, 15) is 4.79 Å². The average Bonchev–Trinajstić information content (AvgIpc) is 3.08. The van der Waals surface area contributed by atoms with Crippen molar-refractivity contribution in [3.63, 3.8) is 0 Å². The van der Waals surface area contributed by atoms with Gasteiger partial charge < -0.3 is 10.6 Å². The molecule has 1 amide bonds. The molecule has 0 aromatic carbocycles. The Labute approximate surface area is 113 Å². The first-order valence-electron chi connectivity index (χ1n) is 7.12. The number of carbonyl (C=O) groups is 1. The van der Waals surface area contributed by atoms with E-state index in [0.717, 1.165) is 50.9 Å². The first kappa shape index (κ1) is 14.0. The number of hydrogen-bond acceptors (Lipinski definition) is 4. The first-order valence-corrected chi connectivity index (χ1v) is 7.12. The molecular formula is C13H23N5O. The van der Waals surface area contributed by atoms with Crippen molar-refractivity contribution < 1.29 is 4.79 Å². The maximum Gasteiger partial charge on any atom is 0.247 e. The Kier molecular flexibility index (Phi) is 4.90. The molecule has 0 aliphatic carbocycles. The molecule has 1 atom stereocenters. The molecule has 0 radical (unpaired) electrons. The fraction of sp³-hybridized carbons (Fsp3) is 0.769. The van der Waals surface area contributed by atoms with Crippen LogP contribution in [0.15, 0.2) is 6.20 Å². The van der Waals surface area contributed by atoms with Gasteiger partial charge in [-0.3, -0.25) is 4.79 Å². The summed E-state index contributed by atoms with van der Waals surface area (Å²) in [5.74, 6) is 0.149. The number of hydrogen-bond donors (Lipinski definition) is 1. The predicted molar refractivity (Wildman–Crippen MR) is 72.5 cm³/mol. The molecule has 19 heavy (non-hydrogen) atoms. The van der Waals surface area contributed by atoms with E-state index in [1.54, 1.807) is 4.68 Å². The summed E-state index contributed by atoms with van der Waals surface area (Å²) in [5, 5.41) is 8.19. The zero-order valence-corrected chi connectivity index (χ0v) is 11.6. The molecule has 1 aliphatic heterocycles. The Morgan fingerprint density at radius 3 is 2.84 bits per heavy atom.